The highest BCUT2D eigenvalue weighted by molar-refractivity contribution is 7.44. The molecule has 0 aliphatic carbocycles. The van der Waals surface area contributed by atoms with Crippen LogP contribution in [0.1, 0.15) is 63.5 Å². The molecular weight excluding hydrogens is 844 g/mol. The van der Waals surface area contributed by atoms with Crippen molar-refractivity contribution >= 4 is 36.8 Å². The second kappa shape index (κ2) is 21.7. The van der Waals surface area contributed by atoms with Gasteiger partial charge in [0, 0.05) is 30.1 Å². The molecule has 1 aliphatic heterocycles. The van der Waals surface area contributed by atoms with E-state index in [2.05, 4.69) is 54.1 Å². The van der Waals surface area contributed by atoms with E-state index in [9.17, 15) is 14.9 Å². The molecule has 0 spiro atoms. The fourth-order valence-electron chi connectivity index (χ4n) is 8.13. The first kappa shape index (κ1) is 46.8. The molecule has 2 heterocycles. The smallest absolute Gasteiger partial charge is 0.351 e. The first-order valence-corrected chi connectivity index (χ1v) is 22.7. The molecule has 4 atom stereocenters. The average molecular weight is 899 g/mol. The minimum atomic E-state index is -1.72. The van der Waals surface area contributed by atoms with Gasteiger partial charge in [0.05, 0.1) is 51.7 Å². The van der Waals surface area contributed by atoms with Gasteiger partial charge in [-0.15, -0.1) is 0 Å². The predicted molar refractivity (Wildman–Crippen MR) is 252 cm³/mol. The number of aromatic nitrogens is 2. The zero-order chi connectivity index (χ0) is 45.9. The lowest BCUT2D eigenvalue weighted by Crippen LogP contribution is -2.39. The number of carbonyl (C=O) groups excluding carboxylic acids is 1. The molecule has 7 rings (SSSR count). The lowest BCUT2D eigenvalue weighted by Gasteiger charge is -2.39. The van der Waals surface area contributed by atoms with Crippen LogP contribution in [0.25, 0.3) is 10.8 Å². The monoisotopic (exact) mass is 898 g/mol. The van der Waals surface area contributed by atoms with Crippen LogP contribution in [-0.2, 0) is 24.1 Å². The van der Waals surface area contributed by atoms with E-state index >= 15 is 0 Å². The van der Waals surface area contributed by atoms with Crippen molar-refractivity contribution in [1.82, 2.24) is 14.2 Å². The van der Waals surface area contributed by atoms with E-state index in [1.807, 2.05) is 121 Å². The van der Waals surface area contributed by atoms with Crippen LogP contribution in [0.15, 0.2) is 138 Å². The van der Waals surface area contributed by atoms with E-state index in [-0.39, 0.29) is 44.0 Å². The molecule has 65 heavy (non-hydrogen) atoms. The number of nitrogens with one attached hydrogen (secondary N) is 2. The Labute approximate surface area is 381 Å². The minimum absolute atomic E-state index is 0.00893. The summed E-state index contributed by atoms with van der Waals surface area (Å²) >= 11 is 0. The molecule has 5 aromatic carbocycles. The SMILES string of the molecule is COc1ccc(C(OC[C@H]2O[C@@H](n3ccc(NC(=O)Nc4cccc5ccccc45)nc3=O)C[C@@H]2OP(OCCC#N)N(C(C)C)C(C)C)(c2ccccc2)c2ccc(OC)cc2)cc1. The van der Waals surface area contributed by atoms with Crippen molar-refractivity contribution in [2.75, 3.05) is 38.1 Å². The van der Waals surface area contributed by atoms with E-state index in [4.69, 9.17) is 28.0 Å². The minimum Gasteiger partial charge on any atom is -0.497 e. The molecule has 2 amide bonds. The summed E-state index contributed by atoms with van der Waals surface area (Å²) in [6.07, 6.45) is -0.239. The number of anilines is 2. The van der Waals surface area contributed by atoms with Crippen LogP contribution in [0.3, 0.4) is 0 Å². The van der Waals surface area contributed by atoms with Crippen molar-refractivity contribution in [3.05, 3.63) is 161 Å². The summed E-state index contributed by atoms with van der Waals surface area (Å²) < 4.78 is 42.1. The highest BCUT2D eigenvalue weighted by atomic mass is 31.2. The maximum absolute atomic E-state index is 13.9. The number of hydrogen-bond acceptors (Lipinski definition) is 11. The number of nitriles is 1. The number of rotatable bonds is 19. The molecule has 2 N–H and O–H groups in total. The van der Waals surface area contributed by atoms with Gasteiger partial charge in [-0.3, -0.25) is 9.88 Å². The second-order valence-corrected chi connectivity index (χ2v) is 17.4. The molecule has 1 saturated heterocycles. The number of nitrogens with zero attached hydrogens (tertiary/aromatic N) is 4. The summed E-state index contributed by atoms with van der Waals surface area (Å²) in [6.45, 7) is 8.47. The molecule has 6 aromatic rings. The molecule has 0 radical (unpaired) electrons. The van der Waals surface area contributed by atoms with Crippen LogP contribution in [0.2, 0.25) is 0 Å². The van der Waals surface area contributed by atoms with Gasteiger partial charge >= 0.3 is 11.7 Å². The van der Waals surface area contributed by atoms with Crippen LogP contribution >= 0.6 is 8.53 Å². The molecule has 1 unspecified atom stereocenters. The molecule has 1 fully saturated rings. The van der Waals surface area contributed by atoms with Gasteiger partial charge in [-0.2, -0.15) is 10.2 Å². The molecule has 1 aromatic heterocycles. The molecule has 1 aliphatic rings. The van der Waals surface area contributed by atoms with Gasteiger partial charge in [0.15, 0.2) is 0 Å². The zero-order valence-corrected chi connectivity index (χ0v) is 38.3. The van der Waals surface area contributed by atoms with Crippen molar-refractivity contribution < 1.29 is 32.8 Å². The molecule has 0 bridgehead atoms. The maximum atomic E-state index is 13.9. The topological polar surface area (TPSA) is 158 Å². The van der Waals surface area contributed by atoms with Crippen molar-refractivity contribution in [1.29, 1.82) is 5.26 Å². The standard InChI is InChI=1S/C50H55N6O8P/c1-34(2)56(35(3)4)65(62-31-13-29-51)64-44-32-47(55-30-28-46(54-49(55)58)53-48(57)52-43-19-12-15-36-14-10-11-18-42(36)43)63-45(44)33-61-50(37-16-8-7-9-17-37,38-20-24-40(59-5)25-21-38)39-22-26-41(60-6)27-23-39/h7-12,14-28,30,34-35,44-45,47H,13,31-33H2,1-6H3,(H2,52,53,54,57,58)/t44-,45+,47+,65?/m0/s1. The number of amides is 2. The van der Waals surface area contributed by atoms with Crippen LogP contribution in [0.5, 0.6) is 11.5 Å². The van der Waals surface area contributed by atoms with E-state index in [1.165, 1.54) is 4.57 Å². The van der Waals surface area contributed by atoms with Crippen LogP contribution in [0.4, 0.5) is 16.3 Å². The Bertz CT molecular complexity index is 2540. The van der Waals surface area contributed by atoms with Gasteiger partial charge in [-0.1, -0.05) is 91.0 Å². The van der Waals surface area contributed by atoms with Crippen molar-refractivity contribution in [2.24, 2.45) is 0 Å². The summed E-state index contributed by atoms with van der Waals surface area (Å²) in [6, 6.07) is 42.1. The fraction of sp³-hybridized carbons (Fsp3) is 0.320. The lowest BCUT2D eigenvalue weighted by molar-refractivity contribution is -0.0925. The number of methoxy groups -OCH3 is 2. The van der Waals surface area contributed by atoms with Gasteiger partial charge in [0.1, 0.15) is 35.2 Å². The average Bonchev–Trinajstić information content (AvgIpc) is 3.71. The molecule has 15 heteroatoms. The normalized spacial score (nSPS) is 16.7. The van der Waals surface area contributed by atoms with Gasteiger partial charge in [-0.05, 0) is 86.2 Å². The quantitative estimate of drug-likeness (QED) is 0.0453. The largest absolute Gasteiger partial charge is 0.497 e. The van der Waals surface area contributed by atoms with Gasteiger partial charge in [0.2, 0.25) is 0 Å². The summed E-state index contributed by atoms with van der Waals surface area (Å²) in [5.74, 6) is 1.45. The lowest BCUT2D eigenvalue weighted by atomic mass is 9.80. The van der Waals surface area contributed by atoms with E-state index in [0.717, 1.165) is 27.5 Å². The van der Waals surface area contributed by atoms with Gasteiger partial charge in [0.25, 0.3) is 8.53 Å². The third-order valence-electron chi connectivity index (χ3n) is 11.1. The highest BCUT2D eigenvalue weighted by Crippen LogP contribution is 2.51. The Morgan fingerprint density at radius 2 is 1.46 bits per heavy atom. The van der Waals surface area contributed by atoms with Crippen molar-refractivity contribution in [3.63, 3.8) is 0 Å². The predicted octanol–water partition coefficient (Wildman–Crippen LogP) is 10.0. The Kier molecular flexibility index (Phi) is 15.6. The number of ether oxygens (including phenoxy) is 4. The van der Waals surface area contributed by atoms with Crippen LogP contribution < -0.4 is 25.8 Å². The van der Waals surface area contributed by atoms with E-state index in [1.54, 1.807) is 26.5 Å². The number of fused-ring (bicyclic) bond motifs is 1. The van der Waals surface area contributed by atoms with Crippen molar-refractivity contribution in [3.8, 4) is 17.6 Å². The van der Waals surface area contributed by atoms with E-state index in [0.29, 0.717) is 17.2 Å². The first-order chi connectivity index (χ1) is 31.5. The Balaban J connectivity index is 1.22. The Hall–Kier alpha value is -6.17. The van der Waals surface area contributed by atoms with Crippen molar-refractivity contribution in [2.45, 2.75) is 76.7 Å². The fourth-order valence-corrected chi connectivity index (χ4v) is 9.89. The van der Waals surface area contributed by atoms with Gasteiger partial charge < -0.3 is 33.3 Å². The third kappa shape index (κ3) is 10.9. The molecular formula is C50H55N6O8P. The first-order valence-electron chi connectivity index (χ1n) is 21.6. The number of hydrogen-bond donors (Lipinski definition) is 2. The van der Waals surface area contributed by atoms with Gasteiger partial charge in [-0.25, -0.2) is 14.3 Å². The second-order valence-electron chi connectivity index (χ2n) is 16.0. The maximum Gasteiger partial charge on any atom is 0.351 e. The van der Waals surface area contributed by atoms with Crippen LogP contribution in [-0.4, -0.2) is 72.0 Å². The molecule has 0 saturated carbocycles. The molecule has 338 valence electrons. The number of urea groups is 1. The Morgan fingerprint density at radius 3 is 2.08 bits per heavy atom. The van der Waals surface area contributed by atoms with Crippen LogP contribution in [0, 0.1) is 11.3 Å². The summed E-state index contributed by atoms with van der Waals surface area (Å²) in [5, 5.41) is 16.8. The number of benzene rings is 5. The molecule has 14 nitrogen and oxygen atoms in total. The van der Waals surface area contributed by atoms with E-state index < -0.39 is 44.3 Å². The number of carbonyl (C=O) groups is 1. The Morgan fingerprint density at radius 1 is 0.846 bits per heavy atom. The summed E-state index contributed by atoms with van der Waals surface area (Å²) in [7, 11) is 1.54. The summed E-state index contributed by atoms with van der Waals surface area (Å²) in [4.78, 5) is 31.3. The third-order valence-corrected chi connectivity index (χ3v) is 13.3. The summed E-state index contributed by atoms with van der Waals surface area (Å²) in [5.41, 5.74) is 1.35. The zero-order valence-electron chi connectivity index (χ0n) is 37.4. The highest BCUT2D eigenvalue weighted by Gasteiger charge is 2.45.